The highest BCUT2D eigenvalue weighted by atomic mass is 32.1. The normalized spacial score (nSPS) is 11.1. The Morgan fingerprint density at radius 1 is 1.31 bits per heavy atom. The largest absolute Gasteiger partial charge is 0.464 e. The maximum absolute atomic E-state index is 13.5. The van der Waals surface area contributed by atoms with Gasteiger partial charge >= 0.3 is 5.97 Å². The van der Waals surface area contributed by atoms with Crippen molar-refractivity contribution in [2.45, 2.75) is 33.2 Å². The summed E-state index contributed by atoms with van der Waals surface area (Å²) in [4.78, 5) is 46.1. The molecule has 2 heterocycles. The van der Waals surface area contributed by atoms with Crippen LogP contribution >= 0.6 is 11.3 Å². The van der Waals surface area contributed by atoms with Gasteiger partial charge in [-0.1, -0.05) is 13.8 Å². The number of methoxy groups -OCH3 is 1. The molecule has 0 aliphatic rings. The number of nitrogens with zero attached hydrogens (tertiary/aromatic N) is 3. The molecule has 0 saturated carbocycles. The van der Waals surface area contributed by atoms with Gasteiger partial charge in [0.15, 0.2) is 10.8 Å². The average molecular weight is 418 g/mol. The summed E-state index contributed by atoms with van der Waals surface area (Å²) in [6.45, 7) is 5.06. The summed E-state index contributed by atoms with van der Waals surface area (Å²) in [6, 6.07) is 3.73. The highest BCUT2D eigenvalue weighted by molar-refractivity contribution is 7.16. The zero-order valence-electron chi connectivity index (χ0n) is 16.3. The predicted molar refractivity (Wildman–Crippen MR) is 107 cm³/mol. The molecule has 0 bridgehead atoms. The van der Waals surface area contributed by atoms with Crippen molar-refractivity contribution in [2.24, 2.45) is 0 Å². The molecule has 0 aliphatic heterocycles. The second-order valence-corrected chi connectivity index (χ2v) is 7.67. The number of halogens is 1. The second kappa shape index (κ2) is 8.08. The molecule has 0 radical (unpaired) electrons. The van der Waals surface area contributed by atoms with Gasteiger partial charge in [-0.3, -0.25) is 14.2 Å². The van der Waals surface area contributed by atoms with E-state index in [-0.39, 0.29) is 28.7 Å². The maximum Gasteiger partial charge on any atom is 0.357 e. The summed E-state index contributed by atoms with van der Waals surface area (Å²) in [5.41, 5.74) is -0.00632. The van der Waals surface area contributed by atoms with Gasteiger partial charge < -0.3 is 10.1 Å². The molecule has 29 heavy (non-hydrogen) atoms. The van der Waals surface area contributed by atoms with Crippen molar-refractivity contribution in [2.75, 3.05) is 12.4 Å². The van der Waals surface area contributed by atoms with Gasteiger partial charge in [-0.2, -0.15) is 0 Å². The maximum atomic E-state index is 13.5. The van der Waals surface area contributed by atoms with Crippen molar-refractivity contribution in [3.8, 4) is 0 Å². The fraction of sp³-hybridized carbons (Fsp3) is 0.316. The highest BCUT2D eigenvalue weighted by Crippen LogP contribution is 2.30. The Balaban J connectivity index is 1.88. The van der Waals surface area contributed by atoms with E-state index in [1.807, 2.05) is 13.8 Å². The smallest absolute Gasteiger partial charge is 0.357 e. The number of fused-ring (bicyclic) bond motifs is 1. The SMILES string of the molecule is COC(=O)c1nc(NC(=O)Cn2c(C)nc3ccc(F)cc3c2=O)sc1C(C)C. The third-order valence-electron chi connectivity index (χ3n) is 4.21. The minimum absolute atomic E-state index is 0.0108. The number of rotatable bonds is 5. The molecule has 1 N–H and O–H groups in total. The zero-order chi connectivity index (χ0) is 21.3. The number of hydrogen-bond acceptors (Lipinski definition) is 7. The quantitative estimate of drug-likeness (QED) is 0.639. The summed E-state index contributed by atoms with van der Waals surface area (Å²) in [5, 5.41) is 2.92. The Morgan fingerprint density at radius 3 is 2.69 bits per heavy atom. The molecule has 152 valence electrons. The third kappa shape index (κ3) is 4.16. The molecule has 0 saturated heterocycles. The fourth-order valence-corrected chi connectivity index (χ4v) is 3.78. The van der Waals surface area contributed by atoms with Crippen LogP contribution in [-0.4, -0.2) is 33.5 Å². The molecule has 2 aromatic heterocycles. The minimum atomic E-state index is -0.585. The van der Waals surface area contributed by atoms with Crippen LogP contribution in [0.3, 0.4) is 0 Å². The van der Waals surface area contributed by atoms with Crippen LogP contribution in [0.1, 0.15) is 41.0 Å². The molecule has 1 aromatic carbocycles. The van der Waals surface area contributed by atoms with Crippen molar-refractivity contribution in [1.29, 1.82) is 0 Å². The lowest BCUT2D eigenvalue weighted by Crippen LogP contribution is -2.30. The van der Waals surface area contributed by atoms with E-state index in [2.05, 4.69) is 15.3 Å². The Hall–Kier alpha value is -3.14. The number of amides is 1. The standard InChI is InChI=1S/C19H19FN4O4S/c1-9(2)16-15(18(27)28-4)23-19(29-16)22-14(25)8-24-10(3)21-13-6-5-11(20)7-12(13)17(24)26/h5-7,9H,8H2,1-4H3,(H,22,23,25). The van der Waals surface area contributed by atoms with E-state index < -0.39 is 23.3 Å². The molecule has 8 nitrogen and oxygen atoms in total. The van der Waals surface area contributed by atoms with Crippen LogP contribution in [0.25, 0.3) is 10.9 Å². The molecule has 0 unspecified atom stereocenters. The van der Waals surface area contributed by atoms with Crippen LogP contribution in [0.15, 0.2) is 23.0 Å². The van der Waals surface area contributed by atoms with Gasteiger partial charge in [0.25, 0.3) is 5.56 Å². The first-order chi connectivity index (χ1) is 13.7. The van der Waals surface area contributed by atoms with Crippen molar-refractivity contribution in [3.05, 3.63) is 50.8 Å². The average Bonchev–Trinajstić information content (AvgIpc) is 3.09. The molecule has 10 heteroatoms. The zero-order valence-corrected chi connectivity index (χ0v) is 17.1. The second-order valence-electron chi connectivity index (χ2n) is 6.64. The summed E-state index contributed by atoms with van der Waals surface area (Å²) in [5.74, 6) is -1.33. The van der Waals surface area contributed by atoms with E-state index in [0.29, 0.717) is 16.2 Å². The highest BCUT2D eigenvalue weighted by Gasteiger charge is 2.22. The van der Waals surface area contributed by atoms with E-state index in [0.717, 1.165) is 10.6 Å². The van der Waals surface area contributed by atoms with E-state index >= 15 is 0 Å². The van der Waals surface area contributed by atoms with Crippen molar-refractivity contribution in [1.82, 2.24) is 14.5 Å². The van der Waals surface area contributed by atoms with Gasteiger partial charge in [0.2, 0.25) is 5.91 Å². The lowest BCUT2D eigenvalue weighted by molar-refractivity contribution is -0.116. The number of nitrogens with one attached hydrogen (secondary N) is 1. The number of hydrogen-bond donors (Lipinski definition) is 1. The van der Waals surface area contributed by atoms with Crippen LogP contribution < -0.4 is 10.9 Å². The lowest BCUT2D eigenvalue weighted by atomic mass is 10.1. The number of esters is 1. The molecular formula is C19H19FN4O4S. The van der Waals surface area contributed by atoms with Crippen LogP contribution in [-0.2, 0) is 16.1 Å². The predicted octanol–water partition coefficient (Wildman–Crippen LogP) is 2.85. The number of benzene rings is 1. The van der Waals surface area contributed by atoms with Gasteiger partial charge in [0.1, 0.15) is 18.2 Å². The number of carbonyl (C=O) groups is 2. The van der Waals surface area contributed by atoms with Crippen LogP contribution in [0.4, 0.5) is 9.52 Å². The molecule has 3 aromatic rings. The van der Waals surface area contributed by atoms with E-state index in [1.54, 1.807) is 6.92 Å². The van der Waals surface area contributed by atoms with E-state index in [9.17, 15) is 18.8 Å². The van der Waals surface area contributed by atoms with Crippen LogP contribution in [0.5, 0.6) is 0 Å². The molecular weight excluding hydrogens is 399 g/mol. The monoisotopic (exact) mass is 418 g/mol. The molecule has 0 spiro atoms. The molecule has 0 atom stereocenters. The van der Waals surface area contributed by atoms with Crippen molar-refractivity contribution < 1.29 is 18.7 Å². The topological polar surface area (TPSA) is 103 Å². The Bertz CT molecular complexity index is 1170. The lowest BCUT2D eigenvalue weighted by Gasteiger charge is -2.10. The summed E-state index contributed by atoms with van der Waals surface area (Å²) in [7, 11) is 1.26. The van der Waals surface area contributed by atoms with Gasteiger partial charge in [-0.05, 0) is 31.0 Å². The van der Waals surface area contributed by atoms with Gasteiger partial charge in [-0.15, -0.1) is 11.3 Å². The first-order valence-corrected chi connectivity index (χ1v) is 9.58. The molecule has 0 fully saturated rings. The Morgan fingerprint density at radius 2 is 2.03 bits per heavy atom. The van der Waals surface area contributed by atoms with Crippen LogP contribution in [0.2, 0.25) is 0 Å². The Labute approximate surface area is 169 Å². The third-order valence-corrected chi connectivity index (χ3v) is 5.48. The number of carbonyl (C=O) groups excluding carboxylic acids is 2. The number of ether oxygens (including phenoxy) is 1. The molecule has 3 rings (SSSR count). The number of aryl methyl sites for hydroxylation is 1. The van der Waals surface area contributed by atoms with E-state index in [1.165, 1.54) is 30.6 Å². The molecule has 0 aliphatic carbocycles. The first-order valence-electron chi connectivity index (χ1n) is 8.76. The van der Waals surface area contributed by atoms with Crippen molar-refractivity contribution >= 4 is 39.2 Å². The number of aromatic nitrogens is 3. The molecule has 1 amide bonds. The summed E-state index contributed by atoms with van der Waals surface area (Å²) < 4.78 is 19.4. The number of thiazole rings is 1. The van der Waals surface area contributed by atoms with Crippen LogP contribution in [0, 0.1) is 12.7 Å². The minimum Gasteiger partial charge on any atom is -0.464 e. The summed E-state index contributed by atoms with van der Waals surface area (Å²) in [6.07, 6.45) is 0. The van der Waals surface area contributed by atoms with E-state index in [4.69, 9.17) is 4.74 Å². The first kappa shape index (κ1) is 20.6. The van der Waals surface area contributed by atoms with Gasteiger partial charge in [-0.25, -0.2) is 19.2 Å². The summed E-state index contributed by atoms with van der Waals surface area (Å²) >= 11 is 1.17. The van der Waals surface area contributed by atoms with Gasteiger partial charge in [0.05, 0.1) is 18.0 Å². The number of anilines is 1. The Kier molecular flexibility index (Phi) is 5.73. The fourth-order valence-electron chi connectivity index (χ4n) is 2.81. The van der Waals surface area contributed by atoms with Crippen molar-refractivity contribution in [3.63, 3.8) is 0 Å². The van der Waals surface area contributed by atoms with Gasteiger partial charge in [0, 0.05) is 4.88 Å².